The zero-order valence-electron chi connectivity index (χ0n) is 21.7. The van der Waals surface area contributed by atoms with Crippen molar-refractivity contribution in [2.45, 2.75) is 64.1 Å². The minimum Gasteiger partial charge on any atom is -0.345 e. The number of benzene rings is 3. The van der Waals surface area contributed by atoms with Crippen LogP contribution in [-0.4, -0.2) is 29.3 Å². The normalized spacial score (nSPS) is 15.1. The highest BCUT2D eigenvalue weighted by Gasteiger charge is 2.50. The topological polar surface area (TPSA) is 78.5 Å². The molecule has 192 valence electrons. The molecule has 0 spiro atoms. The number of aryl methyl sites for hydroxylation is 1. The molecule has 0 bridgehead atoms. The van der Waals surface area contributed by atoms with Crippen molar-refractivity contribution in [3.05, 3.63) is 102 Å². The molecular formula is C31H35N3O3. The van der Waals surface area contributed by atoms with E-state index in [1.54, 1.807) is 11.8 Å². The first-order valence-electron chi connectivity index (χ1n) is 12.9. The number of carbonyl (C=O) groups is 3. The molecule has 1 aliphatic carbocycles. The van der Waals surface area contributed by atoms with E-state index in [0.29, 0.717) is 18.5 Å². The fourth-order valence-corrected chi connectivity index (χ4v) is 5.27. The van der Waals surface area contributed by atoms with Gasteiger partial charge in [0.25, 0.3) is 0 Å². The summed E-state index contributed by atoms with van der Waals surface area (Å²) in [5.41, 5.74) is 2.58. The van der Waals surface area contributed by atoms with Crippen LogP contribution in [0.15, 0.2) is 84.9 Å². The van der Waals surface area contributed by atoms with Crippen LogP contribution in [0.5, 0.6) is 0 Å². The second kappa shape index (κ2) is 11.4. The standard InChI is InChI=1S/C31H35N3O3/c1-22-16-18-27(19-17-22)34(29(36)23(2)32-24(3)35)31(20-10-11-21-31)30(37)33-28(25-12-6-4-7-13-25)26-14-8-5-9-15-26/h4-9,12-19,23,28H,10-11,20-21H2,1-3H3,(H,32,35)(H,33,37)/t23-/m1/s1. The van der Waals surface area contributed by atoms with Crippen molar-refractivity contribution in [3.63, 3.8) is 0 Å². The third-order valence-corrected chi connectivity index (χ3v) is 7.13. The van der Waals surface area contributed by atoms with E-state index in [1.165, 1.54) is 6.92 Å². The summed E-state index contributed by atoms with van der Waals surface area (Å²) in [7, 11) is 0. The molecule has 3 aromatic carbocycles. The van der Waals surface area contributed by atoms with Crippen molar-refractivity contribution in [2.24, 2.45) is 0 Å². The van der Waals surface area contributed by atoms with Gasteiger partial charge in [-0.1, -0.05) is 91.2 Å². The van der Waals surface area contributed by atoms with Crippen molar-refractivity contribution in [1.82, 2.24) is 10.6 Å². The van der Waals surface area contributed by atoms with E-state index >= 15 is 0 Å². The van der Waals surface area contributed by atoms with Crippen molar-refractivity contribution < 1.29 is 14.4 Å². The van der Waals surface area contributed by atoms with Gasteiger partial charge in [-0.2, -0.15) is 0 Å². The molecule has 0 aromatic heterocycles. The lowest BCUT2D eigenvalue weighted by Gasteiger charge is -2.42. The summed E-state index contributed by atoms with van der Waals surface area (Å²) in [6, 6.07) is 26.2. The van der Waals surface area contributed by atoms with Crippen molar-refractivity contribution in [2.75, 3.05) is 4.90 Å². The minimum atomic E-state index is -1.07. The zero-order chi connectivity index (χ0) is 26.4. The first-order valence-corrected chi connectivity index (χ1v) is 12.9. The molecule has 37 heavy (non-hydrogen) atoms. The molecule has 4 rings (SSSR count). The van der Waals surface area contributed by atoms with Crippen molar-refractivity contribution >= 4 is 23.4 Å². The average Bonchev–Trinajstić information content (AvgIpc) is 3.40. The SMILES string of the molecule is CC(=O)N[C@H](C)C(=O)N(c1ccc(C)cc1)C1(C(=O)NC(c2ccccc2)c2ccccc2)CCCC1. The Morgan fingerprint density at radius 1 is 0.784 bits per heavy atom. The molecule has 1 atom stereocenters. The third kappa shape index (κ3) is 5.74. The van der Waals surface area contributed by atoms with Crippen molar-refractivity contribution in [3.8, 4) is 0 Å². The molecule has 2 N–H and O–H groups in total. The Kier molecular flexibility index (Phi) is 8.07. The van der Waals surface area contributed by atoms with Crippen LogP contribution in [-0.2, 0) is 14.4 Å². The summed E-state index contributed by atoms with van der Waals surface area (Å²) in [5.74, 6) is -0.776. The highest BCUT2D eigenvalue weighted by molar-refractivity contribution is 6.06. The number of carbonyl (C=O) groups excluding carboxylic acids is 3. The summed E-state index contributed by atoms with van der Waals surface area (Å²) in [4.78, 5) is 41.7. The summed E-state index contributed by atoms with van der Waals surface area (Å²) >= 11 is 0. The van der Waals surface area contributed by atoms with E-state index in [9.17, 15) is 14.4 Å². The summed E-state index contributed by atoms with van der Waals surface area (Å²) in [6.45, 7) is 5.04. The van der Waals surface area contributed by atoms with Crippen LogP contribution in [0.2, 0.25) is 0 Å². The second-order valence-corrected chi connectivity index (χ2v) is 9.90. The van der Waals surface area contributed by atoms with Crippen LogP contribution in [0.1, 0.15) is 62.3 Å². The fourth-order valence-electron chi connectivity index (χ4n) is 5.27. The molecule has 0 saturated heterocycles. The number of hydrogen-bond acceptors (Lipinski definition) is 3. The highest BCUT2D eigenvalue weighted by Crippen LogP contribution is 2.40. The van der Waals surface area contributed by atoms with Crippen molar-refractivity contribution in [1.29, 1.82) is 0 Å². The number of anilines is 1. The molecule has 0 heterocycles. The fraction of sp³-hybridized carbons (Fsp3) is 0.323. The van der Waals surface area contributed by atoms with Gasteiger partial charge in [-0.3, -0.25) is 19.3 Å². The van der Waals surface area contributed by atoms with Gasteiger partial charge in [0, 0.05) is 12.6 Å². The second-order valence-electron chi connectivity index (χ2n) is 9.90. The molecule has 3 aromatic rings. The van der Waals surface area contributed by atoms with E-state index in [1.807, 2.05) is 91.9 Å². The quantitative estimate of drug-likeness (QED) is 0.456. The Hall–Kier alpha value is -3.93. The molecule has 6 heteroatoms. The van der Waals surface area contributed by atoms with E-state index in [-0.39, 0.29) is 23.8 Å². The Bertz CT molecular complexity index is 1180. The van der Waals surface area contributed by atoms with E-state index in [4.69, 9.17) is 0 Å². The van der Waals surface area contributed by atoms with Crippen LogP contribution in [0.3, 0.4) is 0 Å². The van der Waals surface area contributed by atoms with Gasteiger partial charge in [0.1, 0.15) is 11.6 Å². The number of nitrogens with one attached hydrogen (secondary N) is 2. The number of rotatable bonds is 8. The molecule has 1 aliphatic rings. The van der Waals surface area contributed by atoms with Gasteiger partial charge in [-0.05, 0) is 49.9 Å². The summed E-state index contributed by atoms with van der Waals surface area (Å²) in [6.07, 6.45) is 2.75. The van der Waals surface area contributed by atoms with E-state index in [0.717, 1.165) is 29.5 Å². The van der Waals surface area contributed by atoms with E-state index in [2.05, 4.69) is 10.6 Å². The molecule has 0 aliphatic heterocycles. The number of hydrogen-bond donors (Lipinski definition) is 2. The lowest BCUT2D eigenvalue weighted by atomic mass is 9.89. The third-order valence-electron chi connectivity index (χ3n) is 7.13. The lowest BCUT2D eigenvalue weighted by molar-refractivity contribution is -0.132. The van der Waals surface area contributed by atoms with Gasteiger partial charge < -0.3 is 10.6 Å². The monoisotopic (exact) mass is 497 g/mol. The molecule has 6 nitrogen and oxygen atoms in total. The maximum Gasteiger partial charge on any atom is 0.250 e. The predicted molar refractivity (Wildman–Crippen MR) is 146 cm³/mol. The maximum atomic E-state index is 14.4. The van der Waals surface area contributed by atoms with Crippen LogP contribution < -0.4 is 15.5 Å². The van der Waals surface area contributed by atoms with Gasteiger partial charge in [-0.15, -0.1) is 0 Å². The summed E-state index contributed by atoms with van der Waals surface area (Å²) in [5, 5.41) is 6.02. The molecule has 1 saturated carbocycles. The van der Waals surface area contributed by atoms with Crippen LogP contribution >= 0.6 is 0 Å². The Labute approximate surface area is 219 Å². The van der Waals surface area contributed by atoms with Gasteiger partial charge in [0.2, 0.25) is 17.7 Å². The van der Waals surface area contributed by atoms with Gasteiger partial charge in [-0.25, -0.2) is 0 Å². The van der Waals surface area contributed by atoms with E-state index < -0.39 is 11.6 Å². The van der Waals surface area contributed by atoms with Crippen LogP contribution in [0, 0.1) is 6.92 Å². The molecular weight excluding hydrogens is 462 g/mol. The minimum absolute atomic E-state index is 0.188. The van der Waals surface area contributed by atoms with Crippen LogP contribution in [0.4, 0.5) is 5.69 Å². The highest BCUT2D eigenvalue weighted by atomic mass is 16.2. The first kappa shape index (κ1) is 26.1. The maximum absolute atomic E-state index is 14.4. The molecule has 1 fully saturated rings. The zero-order valence-corrected chi connectivity index (χ0v) is 21.7. The average molecular weight is 498 g/mol. The number of amides is 3. The number of nitrogens with zero attached hydrogens (tertiary/aromatic N) is 1. The Morgan fingerprint density at radius 2 is 1.30 bits per heavy atom. The van der Waals surface area contributed by atoms with Gasteiger partial charge >= 0.3 is 0 Å². The summed E-state index contributed by atoms with van der Waals surface area (Å²) < 4.78 is 0. The van der Waals surface area contributed by atoms with Gasteiger partial charge in [0.05, 0.1) is 6.04 Å². The first-order chi connectivity index (χ1) is 17.8. The molecule has 3 amide bonds. The Balaban J connectivity index is 1.77. The molecule has 0 radical (unpaired) electrons. The van der Waals surface area contributed by atoms with Gasteiger partial charge in [0.15, 0.2) is 0 Å². The largest absolute Gasteiger partial charge is 0.345 e. The Morgan fingerprint density at radius 3 is 1.78 bits per heavy atom. The predicted octanol–water partition coefficient (Wildman–Crippen LogP) is 5.07. The smallest absolute Gasteiger partial charge is 0.250 e. The molecule has 0 unspecified atom stereocenters. The lowest BCUT2D eigenvalue weighted by Crippen LogP contribution is -2.63. The van der Waals surface area contributed by atoms with Crippen LogP contribution in [0.25, 0.3) is 0 Å².